The molecule has 0 radical (unpaired) electrons. The minimum atomic E-state index is 0.374. The Bertz CT molecular complexity index is 308. The van der Waals surface area contributed by atoms with Gasteiger partial charge in [-0.3, -0.25) is 0 Å². The second kappa shape index (κ2) is 6.77. The first-order valence-corrected chi connectivity index (χ1v) is 6.77. The summed E-state index contributed by atoms with van der Waals surface area (Å²) in [5.41, 5.74) is 1.36. The molecule has 1 unspecified atom stereocenters. The molecule has 94 valence electrons. The molecule has 1 aromatic rings. The lowest BCUT2D eigenvalue weighted by molar-refractivity contribution is 0.0526. The molecule has 0 heterocycles. The molecule has 0 aliphatic heterocycles. The Hall–Kier alpha value is -0.860. The van der Waals surface area contributed by atoms with Crippen LogP contribution >= 0.6 is 0 Å². The summed E-state index contributed by atoms with van der Waals surface area (Å²) >= 11 is 0. The van der Waals surface area contributed by atoms with Crippen molar-refractivity contribution < 1.29 is 4.74 Å². The molecule has 1 atom stereocenters. The molecule has 2 rings (SSSR count). The molecule has 2 heteroatoms. The van der Waals surface area contributed by atoms with Crippen molar-refractivity contribution in [3.05, 3.63) is 35.9 Å². The lowest BCUT2D eigenvalue weighted by atomic mass is 10.2. The third-order valence-electron chi connectivity index (χ3n) is 3.25. The van der Waals surface area contributed by atoms with E-state index in [9.17, 15) is 0 Å². The van der Waals surface area contributed by atoms with E-state index in [1.54, 1.807) is 0 Å². The van der Waals surface area contributed by atoms with Gasteiger partial charge in [-0.05, 0) is 31.2 Å². The van der Waals surface area contributed by atoms with E-state index in [0.717, 1.165) is 32.0 Å². The Labute approximate surface area is 104 Å². The Kier molecular flexibility index (Phi) is 5.02. The maximum Gasteiger partial charge on any atom is 0.0697 e. The smallest absolute Gasteiger partial charge is 0.0697 e. The molecule has 0 saturated heterocycles. The zero-order valence-electron chi connectivity index (χ0n) is 10.7. The molecule has 0 bridgehead atoms. The quantitative estimate of drug-likeness (QED) is 0.745. The first-order valence-electron chi connectivity index (χ1n) is 6.77. The molecular weight excluding hydrogens is 210 g/mol. The third kappa shape index (κ3) is 4.88. The zero-order chi connectivity index (χ0) is 11.9. The van der Waals surface area contributed by atoms with E-state index in [0.29, 0.717) is 6.10 Å². The predicted octanol–water partition coefficient (Wildman–Crippen LogP) is 2.78. The fourth-order valence-corrected chi connectivity index (χ4v) is 1.89. The van der Waals surface area contributed by atoms with Crippen molar-refractivity contribution in [2.45, 2.75) is 44.8 Å². The average Bonchev–Trinajstić information content (AvgIpc) is 3.19. The summed E-state index contributed by atoms with van der Waals surface area (Å²) in [6.45, 7) is 4.03. The van der Waals surface area contributed by atoms with Gasteiger partial charge in [0.15, 0.2) is 0 Å². The molecule has 0 spiro atoms. The Morgan fingerprint density at radius 2 is 2.06 bits per heavy atom. The van der Waals surface area contributed by atoms with Crippen LogP contribution < -0.4 is 5.32 Å². The van der Waals surface area contributed by atoms with Crippen LogP contribution in [0.3, 0.4) is 0 Å². The van der Waals surface area contributed by atoms with Crippen molar-refractivity contribution in [1.82, 2.24) is 5.32 Å². The highest BCUT2D eigenvalue weighted by Gasteiger charge is 2.21. The van der Waals surface area contributed by atoms with Gasteiger partial charge >= 0.3 is 0 Å². The van der Waals surface area contributed by atoms with E-state index in [-0.39, 0.29) is 0 Å². The van der Waals surface area contributed by atoms with Crippen LogP contribution in [0.15, 0.2) is 30.3 Å². The van der Waals surface area contributed by atoms with Crippen LogP contribution in [0.4, 0.5) is 0 Å². The Morgan fingerprint density at radius 3 is 2.71 bits per heavy atom. The molecular formula is C15H23NO. The van der Waals surface area contributed by atoms with E-state index in [1.807, 2.05) is 0 Å². The monoisotopic (exact) mass is 233 g/mol. The van der Waals surface area contributed by atoms with Crippen LogP contribution in [0.1, 0.15) is 31.7 Å². The van der Waals surface area contributed by atoms with Gasteiger partial charge in [0.1, 0.15) is 0 Å². The van der Waals surface area contributed by atoms with E-state index in [1.165, 1.54) is 18.4 Å². The number of ether oxygens (including phenoxy) is 1. The summed E-state index contributed by atoms with van der Waals surface area (Å²) in [5.74, 6) is 0. The van der Waals surface area contributed by atoms with Crippen molar-refractivity contribution in [2.75, 3.05) is 13.2 Å². The van der Waals surface area contributed by atoms with E-state index in [4.69, 9.17) is 4.74 Å². The van der Waals surface area contributed by atoms with Crippen molar-refractivity contribution >= 4 is 0 Å². The molecule has 0 amide bonds. The molecule has 1 N–H and O–H groups in total. The van der Waals surface area contributed by atoms with Crippen LogP contribution in [-0.2, 0) is 11.2 Å². The summed E-state index contributed by atoms with van der Waals surface area (Å²) in [4.78, 5) is 0. The predicted molar refractivity (Wildman–Crippen MR) is 71.2 cm³/mol. The van der Waals surface area contributed by atoms with Gasteiger partial charge < -0.3 is 10.1 Å². The highest BCUT2D eigenvalue weighted by molar-refractivity contribution is 5.14. The Balaban J connectivity index is 1.61. The van der Waals surface area contributed by atoms with Crippen LogP contribution in [-0.4, -0.2) is 25.3 Å². The molecule has 1 aliphatic carbocycles. The van der Waals surface area contributed by atoms with Crippen LogP contribution in [0.2, 0.25) is 0 Å². The van der Waals surface area contributed by atoms with Gasteiger partial charge in [0.05, 0.1) is 12.7 Å². The molecule has 2 nitrogen and oxygen atoms in total. The van der Waals surface area contributed by atoms with Crippen LogP contribution in [0.25, 0.3) is 0 Å². The van der Waals surface area contributed by atoms with Gasteiger partial charge in [-0.25, -0.2) is 0 Å². The maximum absolute atomic E-state index is 5.91. The fourth-order valence-electron chi connectivity index (χ4n) is 1.89. The largest absolute Gasteiger partial charge is 0.377 e. The minimum Gasteiger partial charge on any atom is -0.377 e. The summed E-state index contributed by atoms with van der Waals surface area (Å²) in [5, 5.41) is 3.53. The second-order valence-corrected chi connectivity index (χ2v) is 4.82. The Morgan fingerprint density at radius 1 is 1.29 bits per heavy atom. The first-order chi connectivity index (χ1) is 8.38. The minimum absolute atomic E-state index is 0.374. The normalized spacial score (nSPS) is 17.0. The van der Waals surface area contributed by atoms with Gasteiger partial charge in [0.2, 0.25) is 0 Å². The van der Waals surface area contributed by atoms with Crippen molar-refractivity contribution in [3.8, 4) is 0 Å². The summed E-state index contributed by atoms with van der Waals surface area (Å²) < 4.78 is 5.91. The standard InChI is InChI=1S/C15H23NO/c1-2-15(12-16-14-8-9-14)17-11-10-13-6-4-3-5-7-13/h3-7,14-16H,2,8-12H2,1H3. The molecule has 17 heavy (non-hydrogen) atoms. The molecule has 0 aromatic heterocycles. The maximum atomic E-state index is 5.91. The molecule has 1 aliphatic rings. The lowest BCUT2D eigenvalue weighted by Gasteiger charge is -2.16. The summed E-state index contributed by atoms with van der Waals surface area (Å²) in [7, 11) is 0. The first kappa shape index (κ1) is 12.6. The van der Waals surface area contributed by atoms with Gasteiger partial charge in [0.25, 0.3) is 0 Å². The van der Waals surface area contributed by atoms with Crippen molar-refractivity contribution in [2.24, 2.45) is 0 Å². The van der Waals surface area contributed by atoms with E-state index in [2.05, 4.69) is 42.6 Å². The number of nitrogens with one attached hydrogen (secondary N) is 1. The highest BCUT2D eigenvalue weighted by Crippen LogP contribution is 2.18. The fraction of sp³-hybridized carbons (Fsp3) is 0.600. The number of hydrogen-bond donors (Lipinski definition) is 1. The molecule has 1 aromatic carbocycles. The lowest BCUT2D eigenvalue weighted by Crippen LogP contribution is -2.30. The zero-order valence-corrected chi connectivity index (χ0v) is 10.7. The topological polar surface area (TPSA) is 21.3 Å². The van der Waals surface area contributed by atoms with Gasteiger partial charge in [-0.2, -0.15) is 0 Å². The third-order valence-corrected chi connectivity index (χ3v) is 3.25. The number of benzene rings is 1. The van der Waals surface area contributed by atoms with Gasteiger partial charge in [-0.1, -0.05) is 37.3 Å². The van der Waals surface area contributed by atoms with Gasteiger partial charge in [0, 0.05) is 12.6 Å². The van der Waals surface area contributed by atoms with E-state index < -0.39 is 0 Å². The average molecular weight is 233 g/mol. The highest BCUT2D eigenvalue weighted by atomic mass is 16.5. The number of hydrogen-bond acceptors (Lipinski definition) is 2. The molecule has 1 fully saturated rings. The second-order valence-electron chi connectivity index (χ2n) is 4.82. The van der Waals surface area contributed by atoms with Crippen LogP contribution in [0, 0.1) is 0 Å². The van der Waals surface area contributed by atoms with E-state index >= 15 is 0 Å². The van der Waals surface area contributed by atoms with Crippen molar-refractivity contribution in [3.63, 3.8) is 0 Å². The number of rotatable bonds is 8. The van der Waals surface area contributed by atoms with Crippen molar-refractivity contribution in [1.29, 1.82) is 0 Å². The molecule has 1 saturated carbocycles. The summed E-state index contributed by atoms with van der Waals surface area (Å²) in [6.07, 6.45) is 5.18. The van der Waals surface area contributed by atoms with Crippen LogP contribution in [0.5, 0.6) is 0 Å². The SMILES string of the molecule is CCC(CNC1CC1)OCCc1ccccc1. The van der Waals surface area contributed by atoms with Gasteiger partial charge in [-0.15, -0.1) is 0 Å². The summed E-state index contributed by atoms with van der Waals surface area (Å²) in [6, 6.07) is 11.3.